The van der Waals surface area contributed by atoms with Crippen LogP contribution in [0.2, 0.25) is 0 Å². The smallest absolute Gasteiger partial charge is 0.145 e. The van der Waals surface area contributed by atoms with Gasteiger partial charge in [-0.2, -0.15) is 0 Å². The van der Waals surface area contributed by atoms with Gasteiger partial charge in [0.25, 0.3) is 0 Å². The summed E-state index contributed by atoms with van der Waals surface area (Å²) in [7, 11) is 0. The molecule has 0 aliphatic carbocycles. The van der Waals surface area contributed by atoms with Gasteiger partial charge in [-0.25, -0.2) is 0 Å². The predicted octanol–water partition coefficient (Wildman–Crippen LogP) is 3.72. The van der Waals surface area contributed by atoms with E-state index in [1.807, 2.05) is 38.1 Å². The van der Waals surface area contributed by atoms with Gasteiger partial charge in [0.2, 0.25) is 0 Å². The molecule has 0 fully saturated rings. The van der Waals surface area contributed by atoms with E-state index in [9.17, 15) is 5.11 Å². The number of ether oxygens (including phenoxy) is 2. The Kier molecular flexibility index (Phi) is 4.96. The third kappa shape index (κ3) is 3.71. The Morgan fingerprint density at radius 1 is 1.00 bits per heavy atom. The molecule has 0 amide bonds. The number of aromatic nitrogens is 1. The fourth-order valence-corrected chi connectivity index (χ4v) is 1.77. The normalized spacial score (nSPS) is 11.9. The zero-order valence-electron chi connectivity index (χ0n) is 11.7. The lowest BCUT2D eigenvalue weighted by Gasteiger charge is -2.09. The number of nitrogens with zero attached hydrogens (tertiary/aromatic N) is 1. The average Bonchev–Trinajstić information content (AvgIpc) is 2.49. The van der Waals surface area contributed by atoms with E-state index in [2.05, 4.69) is 4.98 Å². The first-order valence-corrected chi connectivity index (χ1v) is 6.77. The standard InChI is InChI=1S/C16H19NO3/c1-3-16(18)15-10-9-14(11-17-15)20-13-7-5-12(6-8-13)19-4-2/h5-11,16,18H,3-4H2,1-2H3/t16-/m1/s1. The Morgan fingerprint density at radius 3 is 2.20 bits per heavy atom. The van der Waals surface area contributed by atoms with Gasteiger partial charge in [-0.15, -0.1) is 0 Å². The van der Waals surface area contributed by atoms with Gasteiger partial charge in [-0.1, -0.05) is 6.92 Å². The van der Waals surface area contributed by atoms with E-state index in [1.165, 1.54) is 0 Å². The number of hydrogen-bond donors (Lipinski definition) is 1. The minimum absolute atomic E-state index is 0.519. The third-order valence-electron chi connectivity index (χ3n) is 2.86. The van der Waals surface area contributed by atoms with Crippen LogP contribution in [0.3, 0.4) is 0 Å². The molecular formula is C16H19NO3. The summed E-state index contributed by atoms with van der Waals surface area (Å²) in [6, 6.07) is 11.0. The van der Waals surface area contributed by atoms with Gasteiger partial charge in [0.1, 0.15) is 17.2 Å². The fraction of sp³-hybridized carbons (Fsp3) is 0.312. The Bertz CT molecular complexity index is 522. The van der Waals surface area contributed by atoms with Gasteiger partial charge in [-0.3, -0.25) is 4.98 Å². The molecule has 2 rings (SSSR count). The molecule has 0 radical (unpaired) electrons. The molecule has 4 nitrogen and oxygen atoms in total. The van der Waals surface area contributed by atoms with Crippen LogP contribution in [0, 0.1) is 0 Å². The summed E-state index contributed by atoms with van der Waals surface area (Å²) in [5, 5.41) is 9.67. The summed E-state index contributed by atoms with van der Waals surface area (Å²) in [5.41, 5.74) is 0.659. The number of aliphatic hydroxyl groups is 1. The molecule has 0 aliphatic rings. The van der Waals surface area contributed by atoms with Gasteiger partial charge in [0.05, 0.1) is 24.6 Å². The Labute approximate surface area is 119 Å². The summed E-state index contributed by atoms with van der Waals surface area (Å²) >= 11 is 0. The van der Waals surface area contributed by atoms with E-state index >= 15 is 0 Å². The van der Waals surface area contributed by atoms with E-state index < -0.39 is 6.10 Å². The zero-order chi connectivity index (χ0) is 14.4. The molecule has 1 N–H and O–H groups in total. The van der Waals surface area contributed by atoms with Crippen LogP contribution in [-0.4, -0.2) is 16.7 Å². The minimum atomic E-state index is -0.519. The zero-order valence-corrected chi connectivity index (χ0v) is 11.7. The highest BCUT2D eigenvalue weighted by atomic mass is 16.5. The second-order valence-corrected chi connectivity index (χ2v) is 4.35. The fourth-order valence-electron chi connectivity index (χ4n) is 1.77. The first-order chi connectivity index (χ1) is 9.72. The summed E-state index contributed by atoms with van der Waals surface area (Å²) in [5.74, 6) is 2.18. The average molecular weight is 273 g/mol. The van der Waals surface area contributed by atoms with Gasteiger partial charge < -0.3 is 14.6 Å². The molecule has 1 aromatic heterocycles. The van der Waals surface area contributed by atoms with Crippen molar-refractivity contribution in [3.63, 3.8) is 0 Å². The van der Waals surface area contributed by atoms with Gasteiger partial charge in [-0.05, 0) is 49.7 Å². The Hall–Kier alpha value is -2.07. The molecule has 0 spiro atoms. The van der Waals surface area contributed by atoms with Crippen molar-refractivity contribution in [2.45, 2.75) is 26.4 Å². The van der Waals surface area contributed by atoms with Crippen LogP contribution in [0.1, 0.15) is 32.1 Å². The molecule has 1 atom stereocenters. The summed E-state index contributed by atoms with van der Waals surface area (Å²) in [4.78, 5) is 4.19. The van der Waals surface area contributed by atoms with E-state index in [0.29, 0.717) is 24.5 Å². The highest BCUT2D eigenvalue weighted by Gasteiger charge is 2.06. The summed E-state index contributed by atoms with van der Waals surface area (Å²) < 4.78 is 11.0. The predicted molar refractivity (Wildman–Crippen MR) is 77.2 cm³/mol. The minimum Gasteiger partial charge on any atom is -0.494 e. The van der Waals surface area contributed by atoms with E-state index in [4.69, 9.17) is 9.47 Å². The second-order valence-electron chi connectivity index (χ2n) is 4.35. The summed E-state index contributed by atoms with van der Waals surface area (Å²) in [6.45, 7) is 4.50. The van der Waals surface area contributed by atoms with Gasteiger partial charge in [0, 0.05) is 0 Å². The highest BCUT2D eigenvalue weighted by Crippen LogP contribution is 2.24. The number of aliphatic hydroxyl groups excluding tert-OH is 1. The maximum Gasteiger partial charge on any atom is 0.145 e. The van der Waals surface area contributed by atoms with Crippen molar-refractivity contribution in [2.24, 2.45) is 0 Å². The van der Waals surface area contributed by atoms with Crippen LogP contribution in [0.4, 0.5) is 0 Å². The highest BCUT2D eigenvalue weighted by molar-refractivity contribution is 5.34. The Morgan fingerprint density at radius 2 is 1.65 bits per heavy atom. The SMILES string of the molecule is CCOc1ccc(Oc2ccc([C@H](O)CC)nc2)cc1. The molecule has 20 heavy (non-hydrogen) atoms. The molecule has 0 unspecified atom stereocenters. The van der Waals surface area contributed by atoms with Crippen molar-refractivity contribution in [1.82, 2.24) is 4.98 Å². The molecular weight excluding hydrogens is 254 g/mol. The monoisotopic (exact) mass is 273 g/mol. The second kappa shape index (κ2) is 6.91. The van der Waals surface area contributed by atoms with Crippen molar-refractivity contribution in [1.29, 1.82) is 0 Å². The lowest BCUT2D eigenvalue weighted by molar-refractivity contribution is 0.169. The molecule has 0 bridgehead atoms. The maximum absolute atomic E-state index is 9.67. The van der Waals surface area contributed by atoms with Crippen molar-refractivity contribution >= 4 is 0 Å². The van der Waals surface area contributed by atoms with Crippen molar-refractivity contribution < 1.29 is 14.6 Å². The van der Waals surface area contributed by atoms with Gasteiger partial charge in [0.15, 0.2) is 0 Å². The molecule has 106 valence electrons. The van der Waals surface area contributed by atoms with Crippen LogP contribution in [0.5, 0.6) is 17.2 Å². The number of hydrogen-bond acceptors (Lipinski definition) is 4. The van der Waals surface area contributed by atoms with E-state index in [-0.39, 0.29) is 0 Å². The molecule has 1 aromatic carbocycles. The number of pyridine rings is 1. The van der Waals surface area contributed by atoms with Crippen LogP contribution < -0.4 is 9.47 Å². The Balaban J connectivity index is 2.02. The third-order valence-corrected chi connectivity index (χ3v) is 2.86. The molecule has 0 aliphatic heterocycles. The van der Waals surface area contributed by atoms with Crippen molar-refractivity contribution in [3.8, 4) is 17.2 Å². The first-order valence-electron chi connectivity index (χ1n) is 6.77. The lowest BCUT2D eigenvalue weighted by Crippen LogP contribution is -1.98. The van der Waals surface area contributed by atoms with E-state index in [0.717, 1.165) is 11.5 Å². The largest absolute Gasteiger partial charge is 0.494 e. The lowest BCUT2D eigenvalue weighted by atomic mass is 10.2. The summed E-state index contributed by atoms with van der Waals surface area (Å²) in [6.07, 6.45) is 1.74. The number of rotatable bonds is 6. The van der Waals surface area contributed by atoms with Crippen LogP contribution in [-0.2, 0) is 0 Å². The van der Waals surface area contributed by atoms with Crippen LogP contribution in [0.25, 0.3) is 0 Å². The van der Waals surface area contributed by atoms with Crippen LogP contribution in [0.15, 0.2) is 42.6 Å². The molecule has 4 heteroatoms. The molecule has 0 saturated carbocycles. The van der Waals surface area contributed by atoms with Crippen LogP contribution >= 0.6 is 0 Å². The molecule has 1 heterocycles. The quantitative estimate of drug-likeness (QED) is 0.871. The number of benzene rings is 1. The first kappa shape index (κ1) is 14.3. The molecule has 0 saturated heterocycles. The van der Waals surface area contributed by atoms with E-state index in [1.54, 1.807) is 18.3 Å². The topological polar surface area (TPSA) is 51.6 Å². The maximum atomic E-state index is 9.67. The van der Waals surface area contributed by atoms with Crippen molar-refractivity contribution in [2.75, 3.05) is 6.61 Å². The molecule has 2 aromatic rings. The van der Waals surface area contributed by atoms with Gasteiger partial charge >= 0.3 is 0 Å². The van der Waals surface area contributed by atoms with Crippen molar-refractivity contribution in [3.05, 3.63) is 48.3 Å².